The number of pyridine rings is 1. The van der Waals surface area contributed by atoms with E-state index in [-0.39, 0.29) is 51.9 Å². The van der Waals surface area contributed by atoms with E-state index in [0.717, 1.165) is 25.1 Å². The molecule has 3 aliphatic rings. The predicted molar refractivity (Wildman–Crippen MR) is 108 cm³/mol. The molecule has 3 N–H and O–H groups in total. The number of carboxylic acids is 1. The average Bonchev–Trinajstić information content (AvgIpc) is 3.51. The van der Waals surface area contributed by atoms with E-state index in [1.165, 1.54) is 4.57 Å². The first-order valence-corrected chi connectivity index (χ1v) is 9.56. The number of benzene rings is 1. The summed E-state index contributed by atoms with van der Waals surface area (Å²) in [4.78, 5) is 25.8. The van der Waals surface area contributed by atoms with Gasteiger partial charge in [0.1, 0.15) is 17.6 Å². The van der Waals surface area contributed by atoms with Crippen LogP contribution in [0, 0.1) is 11.2 Å². The van der Waals surface area contributed by atoms with Crippen LogP contribution in [0.5, 0.6) is 0 Å². The summed E-state index contributed by atoms with van der Waals surface area (Å²) in [7, 11) is 0. The van der Waals surface area contributed by atoms with Crippen LogP contribution in [0.2, 0.25) is 5.02 Å². The van der Waals surface area contributed by atoms with Crippen LogP contribution in [0.25, 0.3) is 10.9 Å². The summed E-state index contributed by atoms with van der Waals surface area (Å²) >= 11 is 6.56. The fourth-order valence-electron chi connectivity index (χ4n) is 4.43. The Morgan fingerprint density at radius 3 is 2.55 bits per heavy atom. The van der Waals surface area contributed by atoms with E-state index in [1.54, 1.807) is 4.90 Å². The second kappa shape index (κ2) is 6.55. The molecule has 2 saturated carbocycles. The Kier molecular flexibility index (Phi) is 4.60. The van der Waals surface area contributed by atoms with Gasteiger partial charge < -0.3 is 20.3 Å². The second-order valence-electron chi connectivity index (χ2n) is 8.17. The Bertz CT molecular complexity index is 1100. The monoisotopic (exact) mass is 445 g/mol. The van der Waals surface area contributed by atoms with Gasteiger partial charge in [0.15, 0.2) is 0 Å². The minimum atomic E-state index is -1.45. The normalized spacial score (nSPS) is 26.6. The Hall–Kier alpha value is -1.90. The third-order valence-electron chi connectivity index (χ3n) is 6.37. The number of aromatic nitrogens is 1. The van der Waals surface area contributed by atoms with Gasteiger partial charge in [-0.25, -0.2) is 13.6 Å². The molecule has 5 rings (SSSR count). The maximum atomic E-state index is 15.0. The fraction of sp³-hybridized carbons (Fsp3) is 0.474. The number of anilines is 1. The summed E-state index contributed by atoms with van der Waals surface area (Å²) in [6, 6.07) is 0.308. The van der Waals surface area contributed by atoms with Crippen molar-refractivity contribution < 1.29 is 18.7 Å². The van der Waals surface area contributed by atoms with E-state index in [0.29, 0.717) is 13.1 Å². The lowest BCUT2D eigenvalue weighted by Crippen LogP contribution is -2.30. The molecule has 1 aliphatic heterocycles. The van der Waals surface area contributed by atoms with Gasteiger partial charge in [0.2, 0.25) is 5.43 Å². The van der Waals surface area contributed by atoms with Gasteiger partial charge in [-0.2, -0.15) is 0 Å². The molecule has 0 radical (unpaired) electrons. The lowest BCUT2D eigenvalue weighted by Gasteiger charge is -2.23. The standard InChI is InChI=1S/C19H18ClF2N3O3.ClH/c20-14-15-8(17(26)9(18(27)28)5-25(15)12-4-10(12)21)3-11(22)16(14)24-6-13(23)19(7-24)1-2-19;/h3,5,10,12-13H,1-2,4,6-7,23H2,(H,27,28);1H/t10-,12+,13+;/m0./s1. The molecule has 29 heavy (non-hydrogen) atoms. The zero-order valence-electron chi connectivity index (χ0n) is 15.2. The van der Waals surface area contributed by atoms with Gasteiger partial charge in [-0.1, -0.05) is 11.6 Å². The SMILES string of the molecule is Cl.N[C@@H]1CN(c2c(F)cc3c(=O)c(C(=O)O)cn([C@@H]4C[C@@H]4F)c3c2Cl)CC12CC2. The van der Waals surface area contributed by atoms with E-state index in [1.807, 2.05) is 0 Å². The van der Waals surface area contributed by atoms with Crippen LogP contribution >= 0.6 is 24.0 Å². The van der Waals surface area contributed by atoms with Crippen LogP contribution in [0.1, 0.15) is 35.7 Å². The number of carbonyl (C=O) groups is 1. The minimum Gasteiger partial charge on any atom is -0.477 e. The van der Waals surface area contributed by atoms with Crippen molar-refractivity contribution in [3.63, 3.8) is 0 Å². The Balaban J connectivity index is 0.00000205. The Morgan fingerprint density at radius 2 is 2.03 bits per heavy atom. The van der Waals surface area contributed by atoms with Gasteiger partial charge >= 0.3 is 5.97 Å². The molecule has 156 valence electrons. The van der Waals surface area contributed by atoms with Crippen molar-refractivity contribution in [1.29, 1.82) is 0 Å². The molecule has 6 nitrogen and oxygen atoms in total. The van der Waals surface area contributed by atoms with Crippen molar-refractivity contribution in [3.05, 3.63) is 38.9 Å². The number of hydrogen-bond acceptors (Lipinski definition) is 4. The van der Waals surface area contributed by atoms with Gasteiger partial charge in [-0.05, 0) is 18.9 Å². The summed E-state index contributed by atoms with van der Waals surface area (Å²) in [6.45, 7) is 1.01. The van der Waals surface area contributed by atoms with Crippen LogP contribution in [-0.2, 0) is 0 Å². The molecule has 2 heterocycles. The van der Waals surface area contributed by atoms with E-state index in [2.05, 4.69) is 0 Å². The quantitative estimate of drug-likeness (QED) is 0.757. The highest BCUT2D eigenvalue weighted by Crippen LogP contribution is 2.54. The number of aromatic carboxylic acids is 1. The van der Waals surface area contributed by atoms with Crippen molar-refractivity contribution in [2.75, 3.05) is 18.0 Å². The zero-order valence-corrected chi connectivity index (χ0v) is 16.8. The van der Waals surface area contributed by atoms with Crippen LogP contribution in [0.3, 0.4) is 0 Å². The number of hydrogen-bond donors (Lipinski definition) is 2. The molecule has 3 fully saturated rings. The van der Waals surface area contributed by atoms with Crippen molar-refractivity contribution >= 4 is 46.6 Å². The number of halogens is 4. The number of nitrogens with two attached hydrogens (primary N) is 1. The maximum Gasteiger partial charge on any atom is 0.341 e. The van der Waals surface area contributed by atoms with Crippen molar-refractivity contribution in [2.45, 2.75) is 37.5 Å². The Morgan fingerprint density at radius 1 is 1.38 bits per heavy atom. The largest absolute Gasteiger partial charge is 0.477 e. The molecule has 1 aromatic heterocycles. The molecule has 1 spiro atoms. The van der Waals surface area contributed by atoms with Crippen LogP contribution < -0.4 is 16.1 Å². The van der Waals surface area contributed by atoms with Gasteiger partial charge in [0.05, 0.1) is 27.7 Å². The molecule has 1 aromatic carbocycles. The first kappa shape index (κ1) is 20.4. The summed E-state index contributed by atoms with van der Waals surface area (Å²) in [5.41, 5.74) is 5.15. The van der Waals surface area contributed by atoms with Gasteiger partial charge in [-0.15, -0.1) is 12.4 Å². The smallest absolute Gasteiger partial charge is 0.341 e. The molecule has 3 atom stereocenters. The van der Waals surface area contributed by atoms with Crippen molar-refractivity contribution in [1.82, 2.24) is 4.57 Å². The van der Waals surface area contributed by atoms with Crippen LogP contribution in [0.15, 0.2) is 17.1 Å². The lowest BCUT2D eigenvalue weighted by molar-refractivity contribution is 0.0694. The summed E-state index contributed by atoms with van der Waals surface area (Å²) in [6.07, 6.45) is 2.11. The van der Waals surface area contributed by atoms with Crippen LogP contribution in [0.4, 0.5) is 14.5 Å². The summed E-state index contributed by atoms with van der Waals surface area (Å²) < 4.78 is 30.2. The number of alkyl halides is 1. The highest BCUT2D eigenvalue weighted by molar-refractivity contribution is 6.38. The second-order valence-corrected chi connectivity index (χ2v) is 8.55. The Labute approximate surface area is 175 Å². The third-order valence-corrected chi connectivity index (χ3v) is 6.73. The van der Waals surface area contributed by atoms with Crippen molar-refractivity contribution in [3.8, 4) is 0 Å². The molecule has 2 aromatic rings. The average molecular weight is 446 g/mol. The predicted octanol–water partition coefficient (Wildman–Crippen LogP) is 3.12. The first-order chi connectivity index (χ1) is 13.2. The van der Waals surface area contributed by atoms with Crippen molar-refractivity contribution in [2.24, 2.45) is 11.1 Å². The van der Waals surface area contributed by atoms with E-state index in [9.17, 15) is 19.1 Å². The molecule has 0 amide bonds. The summed E-state index contributed by atoms with van der Waals surface area (Å²) in [5.74, 6) is -2.15. The number of carboxylic acid groups (broad SMARTS) is 1. The molecule has 0 bridgehead atoms. The highest BCUT2D eigenvalue weighted by atomic mass is 35.5. The van der Waals surface area contributed by atoms with E-state index >= 15 is 4.39 Å². The maximum absolute atomic E-state index is 15.0. The van der Waals surface area contributed by atoms with Gasteiger partial charge in [-0.3, -0.25) is 4.79 Å². The van der Waals surface area contributed by atoms with E-state index < -0.39 is 35.0 Å². The van der Waals surface area contributed by atoms with E-state index in [4.69, 9.17) is 17.3 Å². The number of rotatable bonds is 3. The highest BCUT2D eigenvalue weighted by Gasteiger charge is 2.54. The molecular formula is C19H19Cl2F2N3O3. The van der Waals surface area contributed by atoms with Crippen LogP contribution in [-0.4, -0.2) is 40.9 Å². The number of nitrogens with zero attached hydrogens (tertiary/aromatic N) is 2. The lowest BCUT2D eigenvalue weighted by atomic mass is 10.0. The first-order valence-electron chi connectivity index (χ1n) is 9.18. The summed E-state index contributed by atoms with van der Waals surface area (Å²) in [5, 5.41) is 9.16. The number of fused-ring (bicyclic) bond motifs is 1. The molecule has 10 heteroatoms. The molecule has 0 unspecified atom stereocenters. The van der Waals surface area contributed by atoms with Gasteiger partial charge in [0.25, 0.3) is 0 Å². The van der Waals surface area contributed by atoms with Gasteiger partial charge in [0, 0.05) is 37.2 Å². The molecule has 1 saturated heterocycles. The molecular weight excluding hydrogens is 427 g/mol. The molecule has 2 aliphatic carbocycles. The third kappa shape index (κ3) is 2.92. The zero-order chi connectivity index (χ0) is 20.0. The topological polar surface area (TPSA) is 88.6 Å². The fourth-order valence-corrected chi connectivity index (χ4v) is 4.84. The minimum absolute atomic E-state index is 0.